The average Bonchev–Trinajstić information content (AvgIpc) is 2.75. The van der Waals surface area contributed by atoms with Crippen LogP contribution in [0.2, 0.25) is 0 Å². The lowest BCUT2D eigenvalue weighted by Gasteiger charge is -2.30. The van der Waals surface area contributed by atoms with Gasteiger partial charge in [-0.25, -0.2) is 0 Å². The number of nitriles is 1. The van der Waals surface area contributed by atoms with Gasteiger partial charge in [-0.1, -0.05) is 18.2 Å². The van der Waals surface area contributed by atoms with E-state index in [1.807, 2.05) is 30.3 Å². The maximum atomic E-state index is 12.0. The number of piperidine rings is 1. The maximum Gasteiger partial charge on any atom is 0.254 e. The largest absolute Gasteiger partial charge is 0.457 e. The van der Waals surface area contributed by atoms with Gasteiger partial charge in [0.2, 0.25) is 0 Å². The van der Waals surface area contributed by atoms with Crippen LogP contribution in [-0.4, -0.2) is 35.7 Å². The van der Waals surface area contributed by atoms with Crippen molar-refractivity contribution < 1.29 is 9.53 Å². The zero-order chi connectivity index (χ0) is 21.5. The number of nitrogens with zero attached hydrogens (tertiary/aromatic N) is 2. The molecule has 1 aliphatic heterocycles. The van der Waals surface area contributed by atoms with Crippen LogP contribution in [0.3, 0.4) is 0 Å². The van der Waals surface area contributed by atoms with Crippen molar-refractivity contribution in [2.24, 2.45) is 11.5 Å². The topological polar surface area (TPSA) is 141 Å². The summed E-state index contributed by atoms with van der Waals surface area (Å²) in [4.78, 5) is 13.7. The number of para-hydroxylation sites is 1. The number of amides is 1. The van der Waals surface area contributed by atoms with Crippen LogP contribution < -0.4 is 21.5 Å². The van der Waals surface area contributed by atoms with Gasteiger partial charge >= 0.3 is 0 Å². The van der Waals surface area contributed by atoms with Gasteiger partial charge in [0, 0.05) is 24.7 Å². The molecule has 0 spiro atoms. The number of hydrogen-bond acceptors (Lipinski definition) is 7. The highest BCUT2D eigenvalue weighted by Crippen LogP contribution is 2.22. The summed E-state index contributed by atoms with van der Waals surface area (Å²) in [5, 5.41) is 20.6. The third-order valence-electron chi connectivity index (χ3n) is 4.81. The third kappa shape index (κ3) is 5.08. The van der Waals surface area contributed by atoms with Crippen LogP contribution >= 0.6 is 0 Å². The molecule has 1 amide bonds. The molecule has 1 aliphatic rings. The average molecular weight is 404 g/mol. The Morgan fingerprint density at radius 2 is 1.80 bits per heavy atom. The second-order valence-electron chi connectivity index (χ2n) is 7.00. The van der Waals surface area contributed by atoms with Gasteiger partial charge in [-0.2, -0.15) is 5.26 Å². The summed E-state index contributed by atoms with van der Waals surface area (Å²) in [5.41, 5.74) is 12.0. The molecule has 6 N–H and O–H groups in total. The molecule has 2 aromatic carbocycles. The summed E-state index contributed by atoms with van der Waals surface area (Å²) in [5.74, 6) is 0.558. The Balaban J connectivity index is 1.75. The zero-order valence-electron chi connectivity index (χ0n) is 16.5. The molecule has 0 aromatic heterocycles. The summed E-state index contributed by atoms with van der Waals surface area (Å²) >= 11 is 0. The molecule has 0 aliphatic carbocycles. The Kier molecular flexibility index (Phi) is 6.55. The van der Waals surface area contributed by atoms with Gasteiger partial charge in [-0.3, -0.25) is 10.2 Å². The molecule has 8 heteroatoms. The molecule has 1 heterocycles. The summed E-state index contributed by atoms with van der Waals surface area (Å²) in [6.45, 7) is 1.19. The molecular weight excluding hydrogens is 380 g/mol. The summed E-state index contributed by atoms with van der Waals surface area (Å²) in [6, 6.07) is 16.0. The number of carbonyl (C=O) groups excluding carboxylic acids is 1. The highest BCUT2D eigenvalue weighted by molar-refractivity contribution is 6.26. The third-order valence-corrected chi connectivity index (χ3v) is 4.81. The fourth-order valence-electron chi connectivity index (χ4n) is 3.33. The van der Waals surface area contributed by atoms with E-state index in [-0.39, 0.29) is 23.1 Å². The van der Waals surface area contributed by atoms with E-state index >= 15 is 0 Å². The second-order valence-corrected chi connectivity index (χ2v) is 7.00. The van der Waals surface area contributed by atoms with E-state index in [1.54, 1.807) is 29.2 Å². The first-order chi connectivity index (χ1) is 14.5. The van der Waals surface area contributed by atoms with Crippen LogP contribution in [0.15, 0.2) is 66.0 Å². The number of carbonyl (C=O) groups is 1. The molecule has 2 aromatic rings. The standard InChI is InChI=1S/C22H24N6O2/c23-14-28-12-4-5-16(13-28)27-21(25)19(22(26)29)20(24)15-8-10-18(11-9-15)30-17-6-2-1-3-7-17/h1-3,6-11,16,24,27H,4-5,12-13,25H2,(H2,26,29)/b21-19+,24-20?. The van der Waals surface area contributed by atoms with Gasteiger partial charge in [-0.15, -0.1) is 0 Å². The first-order valence-electron chi connectivity index (χ1n) is 9.61. The molecule has 8 nitrogen and oxygen atoms in total. The molecule has 0 saturated carbocycles. The van der Waals surface area contributed by atoms with Crippen molar-refractivity contribution in [1.29, 1.82) is 10.7 Å². The van der Waals surface area contributed by atoms with Crippen LogP contribution in [0, 0.1) is 16.9 Å². The van der Waals surface area contributed by atoms with E-state index in [0.717, 1.165) is 12.8 Å². The number of likely N-dealkylation sites (tertiary alicyclic amines) is 1. The van der Waals surface area contributed by atoms with E-state index in [0.29, 0.717) is 30.2 Å². The van der Waals surface area contributed by atoms with Gasteiger partial charge < -0.3 is 26.4 Å². The summed E-state index contributed by atoms with van der Waals surface area (Å²) in [6.07, 6.45) is 3.77. The number of benzene rings is 2. The Morgan fingerprint density at radius 1 is 1.13 bits per heavy atom. The zero-order valence-corrected chi connectivity index (χ0v) is 16.5. The lowest BCUT2D eigenvalue weighted by atomic mass is 10.0. The first kappa shape index (κ1) is 20.7. The first-order valence-corrected chi connectivity index (χ1v) is 9.61. The highest BCUT2D eigenvalue weighted by atomic mass is 16.5. The van der Waals surface area contributed by atoms with Crippen molar-refractivity contribution in [2.75, 3.05) is 13.1 Å². The molecule has 1 atom stereocenters. The predicted molar refractivity (Wildman–Crippen MR) is 114 cm³/mol. The predicted octanol–water partition coefficient (Wildman–Crippen LogP) is 2.04. The van der Waals surface area contributed by atoms with Crippen LogP contribution in [0.4, 0.5) is 0 Å². The van der Waals surface area contributed by atoms with Gasteiger partial charge in [0.05, 0.1) is 5.71 Å². The molecule has 0 radical (unpaired) electrons. The van der Waals surface area contributed by atoms with Crippen molar-refractivity contribution in [3.63, 3.8) is 0 Å². The van der Waals surface area contributed by atoms with E-state index < -0.39 is 5.91 Å². The Bertz CT molecular complexity index is 979. The lowest BCUT2D eigenvalue weighted by molar-refractivity contribution is -0.114. The van der Waals surface area contributed by atoms with E-state index in [4.69, 9.17) is 26.9 Å². The fourth-order valence-corrected chi connectivity index (χ4v) is 3.33. The fraction of sp³-hybridized carbons (Fsp3) is 0.227. The molecule has 1 unspecified atom stereocenters. The van der Waals surface area contributed by atoms with Crippen LogP contribution in [0.1, 0.15) is 18.4 Å². The van der Waals surface area contributed by atoms with E-state index in [1.165, 1.54) is 0 Å². The van der Waals surface area contributed by atoms with Crippen LogP contribution in [0.25, 0.3) is 0 Å². The number of hydrogen-bond donors (Lipinski definition) is 4. The number of ether oxygens (including phenoxy) is 1. The van der Waals surface area contributed by atoms with Crippen molar-refractivity contribution in [1.82, 2.24) is 10.2 Å². The lowest BCUT2D eigenvalue weighted by Crippen LogP contribution is -2.46. The summed E-state index contributed by atoms with van der Waals surface area (Å²) in [7, 11) is 0. The normalized spacial score (nSPS) is 16.8. The second kappa shape index (κ2) is 9.47. The van der Waals surface area contributed by atoms with E-state index in [9.17, 15) is 4.79 Å². The minimum Gasteiger partial charge on any atom is -0.457 e. The number of primary amides is 1. The molecule has 0 bridgehead atoms. The molecule has 154 valence electrons. The number of nitrogens with two attached hydrogens (primary N) is 2. The quantitative estimate of drug-likeness (QED) is 0.316. The van der Waals surface area contributed by atoms with Crippen molar-refractivity contribution in [3.8, 4) is 17.7 Å². The smallest absolute Gasteiger partial charge is 0.254 e. The van der Waals surface area contributed by atoms with Crippen molar-refractivity contribution >= 4 is 11.6 Å². The van der Waals surface area contributed by atoms with E-state index in [2.05, 4.69) is 11.5 Å². The Labute approximate surface area is 175 Å². The molecular formula is C22H24N6O2. The number of rotatable bonds is 7. The molecule has 3 rings (SSSR count). The van der Waals surface area contributed by atoms with Gasteiger partial charge in [0.1, 0.15) is 22.9 Å². The van der Waals surface area contributed by atoms with Crippen molar-refractivity contribution in [3.05, 3.63) is 71.6 Å². The van der Waals surface area contributed by atoms with Gasteiger partial charge in [0.15, 0.2) is 6.19 Å². The van der Waals surface area contributed by atoms with Crippen LogP contribution in [-0.2, 0) is 4.79 Å². The maximum absolute atomic E-state index is 12.0. The number of nitrogens with one attached hydrogen (secondary N) is 2. The molecule has 1 saturated heterocycles. The van der Waals surface area contributed by atoms with Crippen LogP contribution in [0.5, 0.6) is 11.5 Å². The Hall–Kier alpha value is -3.99. The summed E-state index contributed by atoms with van der Waals surface area (Å²) < 4.78 is 5.75. The minimum absolute atomic E-state index is 0.0434. The Morgan fingerprint density at radius 3 is 2.43 bits per heavy atom. The van der Waals surface area contributed by atoms with Crippen molar-refractivity contribution in [2.45, 2.75) is 18.9 Å². The molecule has 1 fully saturated rings. The highest BCUT2D eigenvalue weighted by Gasteiger charge is 2.23. The monoisotopic (exact) mass is 404 g/mol. The molecule has 30 heavy (non-hydrogen) atoms. The minimum atomic E-state index is -0.789. The van der Waals surface area contributed by atoms with Gasteiger partial charge in [-0.05, 0) is 49.2 Å². The van der Waals surface area contributed by atoms with Gasteiger partial charge in [0.25, 0.3) is 5.91 Å². The SMILES string of the molecule is N#CN1CCCC(N/C(N)=C(\C(=N)c2ccc(Oc3ccccc3)cc2)C(N)=O)C1.